The highest BCUT2D eigenvalue weighted by atomic mass is 19.1. The summed E-state index contributed by atoms with van der Waals surface area (Å²) in [5, 5.41) is 7.69. The first-order valence-corrected chi connectivity index (χ1v) is 12.2. The first-order valence-electron chi connectivity index (χ1n) is 12.2. The predicted molar refractivity (Wildman–Crippen MR) is 134 cm³/mol. The Morgan fingerprint density at radius 1 is 1.09 bits per heavy atom. The monoisotopic (exact) mass is 464 g/mol. The fraction of sp³-hybridized carbons (Fsp3) is 0.462. The molecule has 0 amide bonds. The van der Waals surface area contributed by atoms with E-state index in [1.165, 1.54) is 0 Å². The molecule has 34 heavy (non-hydrogen) atoms. The highest BCUT2D eigenvalue weighted by Crippen LogP contribution is 2.37. The van der Waals surface area contributed by atoms with E-state index in [1.54, 1.807) is 19.4 Å². The van der Waals surface area contributed by atoms with Crippen LogP contribution in [-0.2, 0) is 0 Å². The maximum atomic E-state index is 15.3. The molecule has 2 unspecified atom stereocenters. The molecular weight excluding hydrogens is 431 g/mol. The number of pyridine rings is 2. The quantitative estimate of drug-likeness (QED) is 0.475. The zero-order valence-corrected chi connectivity index (χ0v) is 19.9. The van der Waals surface area contributed by atoms with E-state index in [4.69, 9.17) is 15.5 Å². The Hall–Kier alpha value is -2.97. The molecule has 4 N–H and O–H groups in total. The number of halogens is 1. The van der Waals surface area contributed by atoms with Crippen LogP contribution in [0.15, 0.2) is 36.5 Å². The topological polar surface area (TPSA) is 88.3 Å². The van der Waals surface area contributed by atoms with Gasteiger partial charge in [0.15, 0.2) is 11.6 Å². The first kappa shape index (κ1) is 22.8. The number of anilines is 3. The molecule has 2 fully saturated rings. The number of nitrogens with zero attached hydrogens (tertiary/aromatic N) is 3. The molecule has 1 saturated carbocycles. The van der Waals surface area contributed by atoms with E-state index in [-0.39, 0.29) is 29.8 Å². The number of likely N-dealkylation sites (tertiary alicyclic amines) is 1. The minimum atomic E-state index is -0.333. The summed E-state index contributed by atoms with van der Waals surface area (Å²) in [5.41, 5.74) is 8.84. The van der Waals surface area contributed by atoms with Crippen LogP contribution >= 0.6 is 0 Å². The minimum absolute atomic E-state index is 0.00618. The van der Waals surface area contributed by atoms with E-state index < -0.39 is 0 Å². The van der Waals surface area contributed by atoms with Crippen molar-refractivity contribution < 1.29 is 9.13 Å². The van der Waals surface area contributed by atoms with Crippen LogP contribution in [0.25, 0.3) is 10.9 Å². The van der Waals surface area contributed by atoms with Gasteiger partial charge in [0.2, 0.25) is 0 Å². The Balaban J connectivity index is 1.51. The third-order valence-corrected chi connectivity index (χ3v) is 7.18. The van der Waals surface area contributed by atoms with Crippen molar-refractivity contribution in [2.75, 3.05) is 31.3 Å². The zero-order chi connectivity index (χ0) is 23.7. The molecule has 5 rings (SSSR count). The molecule has 180 valence electrons. The van der Waals surface area contributed by atoms with Crippen LogP contribution in [0.4, 0.5) is 21.7 Å². The smallest absolute Gasteiger partial charge is 0.165 e. The summed E-state index contributed by atoms with van der Waals surface area (Å²) in [4.78, 5) is 11.6. The average Bonchev–Trinajstić information content (AvgIpc) is 3.27. The Morgan fingerprint density at radius 2 is 1.94 bits per heavy atom. The number of ether oxygens (including phenoxy) is 1. The summed E-state index contributed by atoms with van der Waals surface area (Å²) in [6.45, 7) is 0.986. The number of nitrogens with two attached hydrogens (primary N) is 1. The maximum absolute atomic E-state index is 15.3. The van der Waals surface area contributed by atoms with E-state index >= 15 is 4.39 Å². The second-order valence-corrected chi connectivity index (χ2v) is 9.50. The minimum Gasteiger partial charge on any atom is -0.497 e. The predicted octanol–water partition coefficient (Wildman–Crippen LogP) is 4.97. The number of hydrogen-bond acceptors (Lipinski definition) is 7. The first-order chi connectivity index (χ1) is 16.5. The normalized spacial score (nSPS) is 23.2. The SMILES string of the molecule is COc1ccc2ncc(Nc3nc(NC4CCCCC4N)c(F)cc3[C@@H]3CCCN3C)cc2c1. The van der Waals surface area contributed by atoms with Gasteiger partial charge >= 0.3 is 0 Å². The van der Waals surface area contributed by atoms with Crippen molar-refractivity contribution in [3.63, 3.8) is 0 Å². The number of benzene rings is 1. The number of hydrogen-bond donors (Lipinski definition) is 3. The molecular formula is C26H33FN6O. The van der Waals surface area contributed by atoms with Gasteiger partial charge in [0.25, 0.3) is 0 Å². The third-order valence-electron chi connectivity index (χ3n) is 7.18. The van der Waals surface area contributed by atoms with Crippen LogP contribution in [0.2, 0.25) is 0 Å². The second kappa shape index (κ2) is 9.72. The van der Waals surface area contributed by atoms with Crippen LogP contribution < -0.4 is 21.1 Å². The Bertz CT molecular complexity index is 1170. The van der Waals surface area contributed by atoms with Gasteiger partial charge in [-0.05, 0) is 69.6 Å². The van der Waals surface area contributed by atoms with E-state index in [2.05, 4.69) is 27.6 Å². The van der Waals surface area contributed by atoms with E-state index in [9.17, 15) is 0 Å². The van der Waals surface area contributed by atoms with Crippen molar-refractivity contribution >= 4 is 28.2 Å². The molecule has 2 aliphatic rings. The van der Waals surface area contributed by atoms with Crippen molar-refractivity contribution in [3.05, 3.63) is 47.9 Å². The van der Waals surface area contributed by atoms with Crippen molar-refractivity contribution in [1.29, 1.82) is 0 Å². The number of nitrogens with one attached hydrogen (secondary N) is 2. The van der Waals surface area contributed by atoms with Crippen molar-refractivity contribution in [3.8, 4) is 5.75 Å². The Labute approximate surface area is 199 Å². The number of methoxy groups -OCH3 is 1. The van der Waals surface area contributed by atoms with Crippen molar-refractivity contribution in [2.24, 2.45) is 5.73 Å². The third kappa shape index (κ3) is 4.65. The number of fused-ring (bicyclic) bond motifs is 1. The van der Waals surface area contributed by atoms with E-state index in [1.807, 2.05) is 24.3 Å². The fourth-order valence-corrected chi connectivity index (χ4v) is 5.22. The van der Waals surface area contributed by atoms with Crippen LogP contribution in [-0.4, -0.2) is 47.7 Å². The van der Waals surface area contributed by atoms with Gasteiger partial charge in [-0.2, -0.15) is 0 Å². The zero-order valence-electron chi connectivity index (χ0n) is 19.9. The molecule has 8 heteroatoms. The average molecular weight is 465 g/mol. The fourth-order valence-electron chi connectivity index (χ4n) is 5.22. The summed E-state index contributed by atoms with van der Waals surface area (Å²) in [6.07, 6.45) is 7.92. The second-order valence-electron chi connectivity index (χ2n) is 9.50. The van der Waals surface area contributed by atoms with Gasteiger partial charge in [0.05, 0.1) is 24.5 Å². The van der Waals surface area contributed by atoms with Gasteiger partial charge in [-0.15, -0.1) is 0 Å². The molecule has 0 spiro atoms. The molecule has 0 bridgehead atoms. The molecule has 2 aromatic heterocycles. The van der Waals surface area contributed by atoms with Gasteiger partial charge < -0.3 is 21.1 Å². The highest BCUT2D eigenvalue weighted by Gasteiger charge is 2.29. The van der Waals surface area contributed by atoms with Crippen LogP contribution in [0, 0.1) is 5.82 Å². The van der Waals surface area contributed by atoms with Gasteiger partial charge in [0, 0.05) is 29.1 Å². The lowest BCUT2D eigenvalue weighted by Crippen LogP contribution is -2.43. The van der Waals surface area contributed by atoms with E-state index in [0.717, 1.165) is 73.0 Å². The molecule has 0 radical (unpaired) electrons. The highest BCUT2D eigenvalue weighted by molar-refractivity contribution is 5.84. The van der Waals surface area contributed by atoms with Crippen LogP contribution in [0.5, 0.6) is 5.75 Å². The summed E-state index contributed by atoms with van der Waals surface area (Å²) < 4.78 is 20.6. The molecule has 1 saturated heterocycles. The van der Waals surface area contributed by atoms with Gasteiger partial charge in [-0.25, -0.2) is 9.37 Å². The molecule has 7 nitrogen and oxygen atoms in total. The largest absolute Gasteiger partial charge is 0.497 e. The number of aromatic nitrogens is 2. The van der Waals surface area contributed by atoms with Crippen LogP contribution in [0.1, 0.15) is 50.1 Å². The molecule has 3 heterocycles. The van der Waals surface area contributed by atoms with Gasteiger partial charge in [-0.1, -0.05) is 12.8 Å². The van der Waals surface area contributed by atoms with E-state index in [0.29, 0.717) is 5.82 Å². The summed E-state index contributed by atoms with van der Waals surface area (Å²) in [7, 11) is 3.73. The van der Waals surface area contributed by atoms with Gasteiger partial charge in [-0.3, -0.25) is 9.88 Å². The van der Waals surface area contributed by atoms with Gasteiger partial charge in [0.1, 0.15) is 11.6 Å². The molecule has 3 atom stereocenters. The molecule has 3 aromatic rings. The Kier molecular flexibility index (Phi) is 6.52. The molecule has 1 aliphatic heterocycles. The maximum Gasteiger partial charge on any atom is 0.165 e. The number of rotatable bonds is 6. The van der Waals surface area contributed by atoms with Crippen molar-refractivity contribution in [2.45, 2.75) is 56.7 Å². The molecule has 1 aromatic carbocycles. The lowest BCUT2D eigenvalue weighted by atomic mass is 9.91. The summed E-state index contributed by atoms with van der Waals surface area (Å²) in [5.74, 6) is 1.34. The molecule has 1 aliphatic carbocycles. The summed E-state index contributed by atoms with van der Waals surface area (Å²) >= 11 is 0. The van der Waals surface area contributed by atoms with Crippen LogP contribution in [0.3, 0.4) is 0 Å². The lowest BCUT2D eigenvalue weighted by molar-refractivity contribution is 0.317. The Morgan fingerprint density at radius 3 is 2.71 bits per heavy atom. The standard InChI is InChI=1S/C26H33FN6O/c1-33-11-5-8-24(33)19-14-20(27)26(31-23-7-4-3-6-21(23)28)32-25(19)30-17-12-16-13-18(34-2)9-10-22(16)29-15-17/h9-10,12-15,21,23-24H,3-8,11,28H2,1-2H3,(H2,30,31,32)/t21?,23?,24-/m0/s1. The van der Waals surface area contributed by atoms with Crippen molar-refractivity contribution in [1.82, 2.24) is 14.9 Å². The lowest BCUT2D eigenvalue weighted by Gasteiger charge is -2.30. The summed E-state index contributed by atoms with van der Waals surface area (Å²) in [6, 6.07) is 9.58.